The smallest absolute Gasteiger partial charge is 0.126 e. The number of rotatable bonds is 5. The van der Waals surface area contributed by atoms with Gasteiger partial charge in [0.1, 0.15) is 5.82 Å². The van der Waals surface area contributed by atoms with Crippen molar-refractivity contribution >= 4 is 5.82 Å². The van der Waals surface area contributed by atoms with Gasteiger partial charge >= 0.3 is 0 Å². The maximum absolute atomic E-state index is 4.72. The van der Waals surface area contributed by atoms with Crippen LogP contribution < -0.4 is 10.6 Å². The van der Waals surface area contributed by atoms with Crippen LogP contribution in [0.3, 0.4) is 0 Å². The summed E-state index contributed by atoms with van der Waals surface area (Å²) in [5.41, 5.74) is 2.64. The van der Waals surface area contributed by atoms with Crippen molar-refractivity contribution in [1.82, 2.24) is 10.3 Å². The Hall–Kier alpha value is -1.09. The van der Waals surface area contributed by atoms with Crippen LogP contribution in [0.1, 0.15) is 64.6 Å². The molecule has 0 saturated heterocycles. The predicted molar refractivity (Wildman–Crippen MR) is 81.6 cm³/mol. The maximum atomic E-state index is 4.72. The lowest BCUT2D eigenvalue weighted by Gasteiger charge is -2.21. The summed E-state index contributed by atoms with van der Waals surface area (Å²) in [7, 11) is 0. The van der Waals surface area contributed by atoms with Crippen molar-refractivity contribution in [3.8, 4) is 0 Å². The van der Waals surface area contributed by atoms with Crippen molar-refractivity contribution < 1.29 is 0 Å². The number of hydrogen-bond donors (Lipinski definition) is 2. The van der Waals surface area contributed by atoms with Gasteiger partial charge in [-0.25, -0.2) is 4.98 Å². The predicted octanol–water partition coefficient (Wildman–Crippen LogP) is 3.67. The van der Waals surface area contributed by atoms with Gasteiger partial charge in [-0.05, 0) is 57.2 Å². The molecule has 1 aliphatic rings. The Morgan fingerprint density at radius 2 is 1.95 bits per heavy atom. The number of anilines is 1. The molecule has 0 spiro atoms. The molecule has 106 valence electrons. The second kappa shape index (κ2) is 5.49. The van der Waals surface area contributed by atoms with Gasteiger partial charge in [0, 0.05) is 23.8 Å². The van der Waals surface area contributed by atoms with E-state index in [0.29, 0.717) is 12.0 Å². The zero-order valence-electron chi connectivity index (χ0n) is 12.9. The lowest BCUT2D eigenvalue weighted by molar-refractivity contribution is 0.424. The monoisotopic (exact) mass is 261 g/mol. The molecule has 1 saturated carbocycles. The molecule has 0 aromatic carbocycles. The Morgan fingerprint density at radius 1 is 1.26 bits per heavy atom. The molecular weight excluding hydrogens is 234 g/mol. The molecule has 3 heteroatoms. The van der Waals surface area contributed by atoms with Gasteiger partial charge in [-0.3, -0.25) is 0 Å². The Bertz CT molecular complexity index is 428. The van der Waals surface area contributed by atoms with Crippen molar-refractivity contribution in [2.75, 3.05) is 5.32 Å². The first-order chi connectivity index (χ1) is 8.83. The maximum Gasteiger partial charge on any atom is 0.126 e. The molecule has 1 aromatic rings. The molecule has 1 aliphatic carbocycles. The largest absolute Gasteiger partial charge is 0.367 e. The van der Waals surface area contributed by atoms with E-state index in [2.05, 4.69) is 57.4 Å². The van der Waals surface area contributed by atoms with Gasteiger partial charge in [-0.1, -0.05) is 13.8 Å². The van der Waals surface area contributed by atoms with E-state index in [1.165, 1.54) is 24.1 Å². The molecule has 0 radical (unpaired) electrons. The van der Waals surface area contributed by atoms with Gasteiger partial charge in [-0.15, -0.1) is 0 Å². The number of pyridine rings is 1. The third kappa shape index (κ3) is 4.83. The third-order valence-electron chi connectivity index (χ3n) is 3.25. The second-order valence-corrected chi connectivity index (χ2v) is 6.96. The lowest BCUT2D eigenvalue weighted by Crippen LogP contribution is -2.35. The van der Waals surface area contributed by atoms with E-state index in [1.54, 1.807) is 0 Å². The molecule has 2 rings (SSSR count). The Kier molecular flexibility index (Phi) is 4.14. The van der Waals surface area contributed by atoms with Gasteiger partial charge in [0.05, 0.1) is 0 Å². The van der Waals surface area contributed by atoms with Crippen LogP contribution in [-0.2, 0) is 6.54 Å². The van der Waals surface area contributed by atoms with E-state index < -0.39 is 0 Å². The summed E-state index contributed by atoms with van der Waals surface area (Å²) in [6, 6.07) is 5.06. The number of aromatic nitrogens is 1. The Morgan fingerprint density at radius 3 is 2.47 bits per heavy atom. The minimum absolute atomic E-state index is 0.144. The minimum Gasteiger partial charge on any atom is -0.367 e. The van der Waals surface area contributed by atoms with Gasteiger partial charge in [0.25, 0.3) is 0 Å². The fourth-order valence-corrected chi connectivity index (χ4v) is 1.89. The molecule has 3 nitrogen and oxygen atoms in total. The highest BCUT2D eigenvalue weighted by Gasteiger charge is 2.22. The molecule has 2 N–H and O–H groups in total. The van der Waals surface area contributed by atoms with E-state index in [4.69, 9.17) is 4.98 Å². The van der Waals surface area contributed by atoms with Crippen LogP contribution in [0.4, 0.5) is 5.82 Å². The summed E-state index contributed by atoms with van der Waals surface area (Å²) in [5, 5.41) is 7.05. The van der Waals surface area contributed by atoms with Crippen LogP contribution in [0.15, 0.2) is 12.1 Å². The SMILES string of the molecule is CC(C)c1cc(CNC(C)(C)C)cc(NC2CC2)n1. The summed E-state index contributed by atoms with van der Waals surface area (Å²) in [5.74, 6) is 1.51. The highest BCUT2D eigenvalue weighted by Crippen LogP contribution is 2.25. The summed E-state index contributed by atoms with van der Waals surface area (Å²) in [4.78, 5) is 4.72. The average Bonchev–Trinajstić information content (AvgIpc) is 3.09. The fourth-order valence-electron chi connectivity index (χ4n) is 1.89. The van der Waals surface area contributed by atoms with Crippen molar-refractivity contribution in [3.05, 3.63) is 23.4 Å². The van der Waals surface area contributed by atoms with E-state index in [1.807, 2.05) is 0 Å². The summed E-state index contributed by atoms with van der Waals surface area (Å²) in [6.07, 6.45) is 2.56. The van der Waals surface area contributed by atoms with Crippen molar-refractivity contribution in [1.29, 1.82) is 0 Å². The van der Waals surface area contributed by atoms with Gasteiger partial charge in [0.2, 0.25) is 0 Å². The number of nitrogens with one attached hydrogen (secondary N) is 2. The molecule has 0 bridgehead atoms. The molecule has 19 heavy (non-hydrogen) atoms. The zero-order valence-corrected chi connectivity index (χ0v) is 12.9. The summed E-state index contributed by atoms with van der Waals surface area (Å²) >= 11 is 0. The molecular formula is C16H27N3. The summed E-state index contributed by atoms with van der Waals surface area (Å²) < 4.78 is 0. The van der Waals surface area contributed by atoms with Crippen molar-refractivity contribution in [2.24, 2.45) is 0 Å². The first-order valence-electron chi connectivity index (χ1n) is 7.36. The lowest BCUT2D eigenvalue weighted by atomic mass is 10.1. The van der Waals surface area contributed by atoms with Crippen LogP contribution in [0, 0.1) is 0 Å². The molecule has 0 aliphatic heterocycles. The van der Waals surface area contributed by atoms with Crippen molar-refractivity contribution in [2.45, 2.75) is 71.5 Å². The zero-order chi connectivity index (χ0) is 14.0. The molecule has 0 unspecified atom stereocenters. The Balaban J connectivity index is 2.13. The van der Waals surface area contributed by atoms with Crippen molar-refractivity contribution in [3.63, 3.8) is 0 Å². The van der Waals surface area contributed by atoms with Gasteiger partial charge in [-0.2, -0.15) is 0 Å². The average molecular weight is 261 g/mol. The topological polar surface area (TPSA) is 37.0 Å². The second-order valence-electron chi connectivity index (χ2n) is 6.96. The summed E-state index contributed by atoms with van der Waals surface area (Å²) in [6.45, 7) is 11.9. The first kappa shape index (κ1) is 14.3. The van der Waals surface area contributed by atoms with Crippen LogP contribution in [0.2, 0.25) is 0 Å². The first-order valence-corrected chi connectivity index (χ1v) is 7.36. The van der Waals surface area contributed by atoms with Crippen LogP contribution in [0.5, 0.6) is 0 Å². The number of nitrogens with zero attached hydrogens (tertiary/aromatic N) is 1. The molecule has 1 heterocycles. The molecule has 0 atom stereocenters. The molecule has 1 aromatic heterocycles. The van der Waals surface area contributed by atoms with Crippen LogP contribution in [-0.4, -0.2) is 16.6 Å². The molecule has 0 amide bonds. The normalized spacial score (nSPS) is 15.9. The Labute approximate surface area is 117 Å². The third-order valence-corrected chi connectivity index (χ3v) is 3.25. The fraction of sp³-hybridized carbons (Fsp3) is 0.688. The van der Waals surface area contributed by atoms with E-state index >= 15 is 0 Å². The van der Waals surface area contributed by atoms with Crippen LogP contribution >= 0.6 is 0 Å². The highest BCUT2D eigenvalue weighted by atomic mass is 15.0. The molecule has 1 fully saturated rings. The number of hydrogen-bond acceptors (Lipinski definition) is 3. The highest BCUT2D eigenvalue weighted by molar-refractivity contribution is 5.42. The van der Waals surface area contributed by atoms with Gasteiger partial charge < -0.3 is 10.6 Å². The van der Waals surface area contributed by atoms with Crippen LogP contribution in [0.25, 0.3) is 0 Å². The quantitative estimate of drug-likeness (QED) is 0.849. The minimum atomic E-state index is 0.144. The van der Waals surface area contributed by atoms with Gasteiger partial charge in [0.15, 0.2) is 0 Å². The standard InChI is InChI=1S/C16H27N3/c1-11(2)14-8-12(10-17-16(3,4)5)9-15(19-14)18-13-6-7-13/h8-9,11,13,17H,6-7,10H2,1-5H3,(H,18,19). The van der Waals surface area contributed by atoms with E-state index in [9.17, 15) is 0 Å². The van der Waals surface area contributed by atoms with E-state index in [-0.39, 0.29) is 5.54 Å². The van der Waals surface area contributed by atoms with E-state index in [0.717, 1.165) is 12.4 Å².